The van der Waals surface area contributed by atoms with Gasteiger partial charge in [0.05, 0.1) is 11.9 Å². The molecule has 0 unspecified atom stereocenters. The molecule has 0 radical (unpaired) electrons. The predicted molar refractivity (Wildman–Crippen MR) is 93.5 cm³/mol. The highest BCUT2D eigenvalue weighted by atomic mass is 19.1. The molecule has 6 heteroatoms. The monoisotopic (exact) mass is 328 g/mol. The molecule has 126 valence electrons. The smallest absolute Gasteiger partial charge is 0.267 e. The van der Waals surface area contributed by atoms with E-state index in [0.29, 0.717) is 12.2 Å². The second-order valence-corrected chi connectivity index (χ2v) is 4.84. The number of nitrogens with zero attached hydrogens (tertiary/aromatic N) is 1. The molecule has 1 aromatic heterocycles. The molecule has 0 atom stereocenters. The molecule has 1 aromatic carbocycles. The van der Waals surface area contributed by atoms with E-state index in [1.54, 1.807) is 31.5 Å². The average molecular weight is 328 g/mol. The lowest BCUT2D eigenvalue weighted by atomic mass is 9.99. The van der Waals surface area contributed by atoms with Gasteiger partial charge in [0.2, 0.25) is 0 Å². The lowest BCUT2D eigenvalue weighted by Gasteiger charge is -2.15. The van der Waals surface area contributed by atoms with Gasteiger partial charge in [-0.2, -0.15) is 5.10 Å². The minimum atomic E-state index is -0.285. The van der Waals surface area contributed by atoms with Crippen molar-refractivity contribution >= 4 is 11.5 Å². The molecule has 1 amide bonds. The van der Waals surface area contributed by atoms with Gasteiger partial charge >= 0.3 is 0 Å². The molecule has 0 fully saturated rings. The van der Waals surface area contributed by atoms with Crippen molar-refractivity contribution in [2.24, 2.45) is 0 Å². The van der Waals surface area contributed by atoms with Crippen LogP contribution in [0.15, 0.2) is 48.3 Å². The Labute approximate surface area is 140 Å². The predicted octanol–water partition coefficient (Wildman–Crippen LogP) is 2.86. The van der Waals surface area contributed by atoms with Crippen molar-refractivity contribution in [2.75, 3.05) is 13.6 Å². The normalized spacial score (nSPS) is 13.0. The Kier molecular flexibility index (Phi) is 5.89. The van der Waals surface area contributed by atoms with Crippen molar-refractivity contribution in [3.63, 3.8) is 0 Å². The van der Waals surface area contributed by atoms with Gasteiger partial charge in [-0.3, -0.25) is 9.89 Å². The summed E-state index contributed by atoms with van der Waals surface area (Å²) >= 11 is 0. The number of aromatic amines is 1. The highest BCUT2D eigenvalue weighted by molar-refractivity contribution is 5.97. The Hall–Kier alpha value is -2.89. The number of hydrogen-bond donors (Lipinski definition) is 3. The molecule has 0 saturated heterocycles. The molecule has 24 heavy (non-hydrogen) atoms. The van der Waals surface area contributed by atoms with E-state index in [2.05, 4.69) is 20.8 Å². The number of hydrogen-bond acceptors (Lipinski definition) is 3. The van der Waals surface area contributed by atoms with Crippen molar-refractivity contribution in [1.82, 2.24) is 20.8 Å². The lowest BCUT2D eigenvalue weighted by Crippen LogP contribution is -2.30. The number of H-pyrrole nitrogens is 1. The summed E-state index contributed by atoms with van der Waals surface area (Å²) in [7, 11) is 1.59. The highest BCUT2D eigenvalue weighted by Gasteiger charge is 2.16. The largest absolute Gasteiger partial charge is 0.377 e. The van der Waals surface area contributed by atoms with Crippen LogP contribution < -0.4 is 10.6 Å². The number of rotatable bonds is 3. The van der Waals surface area contributed by atoms with E-state index in [1.807, 2.05) is 19.9 Å². The zero-order valence-corrected chi connectivity index (χ0v) is 14.0. The molecular formula is C18H21FN4O. The highest BCUT2D eigenvalue weighted by Crippen LogP contribution is 2.29. The maximum Gasteiger partial charge on any atom is 0.267 e. The minimum absolute atomic E-state index is 0.169. The van der Waals surface area contributed by atoms with Gasteiger partial charge in [-0.15, -0.1) is 0 Å². The van der Waals surface area contributed by atoms with Crippen LogP contribution in [0.5, 0.6) is 0 Å². The summed E-state index contributed by atoms with van der Waals surface area (Å²) in [5.74, 6) is -0.454. The molecule has 0 bridgehead atoms. The standard InChI is InChI=1S/C16H15FN4O.C2H6/c1-18-16(22)14-8-11(6-7-19-14)13-9-20-21-15(13)10-2-4-12(17)5-3-10;1-2/h2-6,8-9,19H,7H2,1H3,(H,18,22)(H,20,21);1-2H3. The first kappa shape index (κ1) is 17.5. The van der Waals surface area contributed by atoms with E-state index in [1.165, 1.54) is 12.1 Å². The molecule has 0 saturated carbocycles. The molecule has 2 heterocycles. The third kappa shape index (κ3) is 3.71. The van der Waals surface area contributed by atoms with Crippen LogP contribution in [0.2, 0.25) is 0 Å². The Morgan fingerprint density at radius 2 is 1.96 bits per heavy atom. The molecule has 2 aromatic rings. The maximum absolute atomic E-state index is 13.1. The van der Waals surface area contributed by atoms with Crippen LogP contribution in [-0.4, -0.2) is 29.7 Å². The molecule has 0 spiro atoms. The lowest BCUT2D eigenvalue weighted by molar-refractivity contribution is -0.117. The van der Waals surface area contributed by atoms with Crippen molar-refractivity contribution in [1.29, 1.82) is 0 Å². The van der Waals surface area contributed by atoms with E-state index in [-0.39, 0.29) is 11.7 Å². The van der Waals surface area contributed by atoms with E-state index in [4.69, 9.17) is 0 Å². The fourth-order valence-electron chi connectivity index (χ4n) is 2.35. The summed E-state index contributed by atoms with van der Waals surface area (Å²) in [6.45, 7) is 4.56. The first-order valence-corrected chi connectivity index (χ1v) is 7.86. The second-order valence-electron chi connectivity index (χ2n) is 4.84. The van der Waals surface area contributed by atoms with E-state index in [9.17, 15) is 9.18 Å². The molecule has 3 rings (SSSR count). The zero-order chi connectivity index (χ0) is 17.5. The Morgan fingerprint density at radius 1 is 1.25 bits per heavy atom. The molecule has 0 aliphatic carbocycles. The number of halogens is 1. The second kappa shape index (κ2) is 8.10. The fraction of sp³-hybridized carbons (Fsp3) is 0.222. The Balaban J connectivity index is 0.00000100. The van der Waals surface area contributed by atoms with Crippen molar-refractivity contribution in [3.05, 3.63) is 59.7 Å². The SMILES string of the molecule is CC.CNC(=O)C1=CC(c2cn[nH]c2-c2ccc(F)cc2)=CCN1. The topological polar surface area (TPSA) is 69.8 Å². The summed E-state index contributed by atoms with van der Waals surface area (Å²) in [5, 5.41) is 12.6. The van der Waals surface area contributed by atoms with Crippen LogP contribution in [0, 0.1) is 5.82 Å². The van der Waals surface area contributed by atoms with Gasteiger partial charge in [-0.1, -0.05) is 19.9 Å². The molecular weight excluding hydrogens is 307 g/mol. The van der Waals surface area contributed by atoms with Gasteiger partial charge in [0.1, 0.15) is 11.5 Å². The Bertz CT molecular complexity index is 760. The zero-order valence-electron chi connectivity index (χ0n) is 14.0. The number of amides is 1. The summed E-state index contributed by atoms with van der Waals surface area (Å²) < 4.78 is 13.1. The van der Waals surface area contributed by atoms with Gasteiger partial charge in [0.25, 0.3) is 5.91 Å². The van der Waals surface area contributed by atoms with Crippen LogP contribution >= 0.6 is 0 Å². The number of carbonyl (C=O) groups is 1. The summed E-state index contributed by atoms with van der Waals surface area (Å²) in [6, 6.07) is 6.19. The average Bonchev–Trinajstić information content (AvgIpc) is 3.13. The van der Waals surface area contributed by atoms with Crippen LogP contribution in [0.1, 0.15) is 19.4 Å². The number of allylic oxidation sites excluding steroid dienone is 2. The fourth-order valence-corrected chi connectivity index (χ4v) is 2.35. The van der Waals surface area contributed by atoms with Gasteiger partial charge in [-0.25, -0.2) is 4.39 Å². The molecule has 5 nitrogen and oxygen atoms in total. The summed E-state index contributed by atoms with van der Waals surface area (Å²) in [6.07, 6.45) is 5.46. The van der Waals surface area contributed by atoms with Crippen LogP contribution in [-0.2, 0) is 4.79 Å². The number of aromatic nitrogens is 2. The van der Waals surface area contributed by atoms with E-state index < -0.39 is 0 Å². The number of nitrogens with one attached hydrogen (secondary N) is 3. The number of likely N-dealkylation sites (N-methyl/N-ethyl adjacent to an activating group) is 1. The van der Waals surface area contributed by atoms with E-state index in [0.717, 1.165) is 22.4 Å². The number of carbonyl (C=O) groups excluding carboxylic acids is 1. The van der Waals surface area contributed by atoms with Gasteiger partial charge in [0.15, 0.2) is 0 Å². The number of benzene rings is 1. The van der Waals surface area contributed by atoms with Crippen molar-refractivity contribution in [2.45, 2.75) is 13.8 Å². The first-order chi connectivity index (χ1) is 11.7. The molecule has 3 N–H and O–H groups in total. The first-order valence-electron chi connectivity index (χ1n) is 7.86. The quantitative estimate of drug-likeness (QED) is 0.811. The summed E-state index contributed by atoms with van der Waals surface area (Å²) in [5.41, 5.74) is 3.90. The van der Waals surface area contributed by atoms with Crippen LogP contribution in [0.3, 0.4) is 0 Å². The van der Waals surface area contributed by atoms with Gasteiger partial charge in [0, 0.05) is 24.7 Å². The van der Waals surface area contributed by atoms with Crippen molar-refractivity contribution < 1.29 is 9.18 Å². The van der Waals surface area contributed by atoms with E-state index >= 15 is 0 Å². The van der Waals surface area contributed by atoms with Crippen LogP contribution in [0.25, 0.3) is 16.8 Å². The maximum atomic E-state index is 13.1. The Morgan fingerprint density at radius 3 is 2.62 bits per heavy atom. The summed E-state index contributed by atoms with van der Waals surface area (Å²) in [4.78, 5) is 11.7. The van der Waals surface area contributed by atoms with Crippen molar-refractivity contribution in [3.8, 4) is 11.3 Å². The molecule has 1 aliphatic heterocycles. The molecule has 1 aliphatic rings. The van der Waals surface area contributed by atoms with Gasteiger partial charge in [-0.05, 0) is 35.9 Å². The third-order valence-corrected chi connectivity index (χ3v) is 3.47. The van der Waals surface area contributed by atoms with Crippen LogP contribution in [0.4, 0.5) is 4.39 Å². The third-order valence-electron chi connectivity index (χ3n) is 3.47. The minimum Gasteiger partial charge on any atom is -0.377 e. The van der Waals surface area contributed by atoms with Gasteiger partial charge < -0.3 is 10.6 Å². The number of dihydropyridines is 1.